The van der Waals surface area contributed by atoms with Crippen LogP contribution < -0.4 is 0 Å². The van der Waals surface area contributed by atoms with Gasteiger partial charge < -0.3 is 9.80 Å². The van der Waals surface area contributed by atoms with E-state index < -0.39 is 0 Å². The predicted octanol–water partition coefficient (Wildman–Crippen LogP) is 3.30. The van der Waals surface area contributed by atoms with Crippen molar-refractivity contribution in [2.45, 2.75) is 51.6 Å². The van der Waals surface area contributed by atoms with Crippen LogP contribution in [0.1, 0.15) is 44.6 Å². The highest BCUT2D eigenvalue weighted by molar-refractivity contribution is 5.77. The number of amides is 1. The Kier molecular flexibility index (Phi) is 5.14. The molecule has 0 N–H and O–H groups in total. The number of hydrogen-bond donors (Lipinski definition) is 0. The van der Waals surface area contributed by atoms with Gasteiger partial charge in [-0.15, -0.1) is 0 Å². The van der Waals surface area contributed by atoms with Crippen molar-refractivity contribution in [3.05, 3.63) is 35.9 Å². The summed E-state index contributed by atoms with van der Waals surface area (Å²) in [6.45, 7) is 6.16. The first-order valence-corrected chi connectivity index (χ1v) is 8.82. The SMILES string of the molecule is CCC1CN(CC2CCC2)CCC(=O)N1Cc1ccccc1. The first-order valence-electron chi connectivity index (χ1n) is 8.82. The molecule has 2 aliphatic rings. The van der Waals surface area contributed by atoms with Crippen molar-refractivity contribution < 1.29 is 4.79 Å². The third-order valence-electron chi connectivity index (χ3n) is 5.28. The molecule has 0 radical (unpaired) electrons. The van der Waals surface area contributed by atoms with E-state index in [2.05, 4.69) is 41.0 Å². The van der Waals surface area contributed by atoms with E-state index in [9.17, 15) is 4.79 Å². The van der Waals surface area contributed by atoms with Crippen LogP contribution in [0.5, 0.6) is 0 Å². The minimum Gasteiger partial charge on any atom is -0.334 e. The largest absolute Gasteiger partial charge is 0.334 e. The molecule has 1 aromatic rings. The van der Waals surface area contributed by atoms with Gasteiger partial charge in [0.25, 0.3) is 0 Å². The summed E-state index contributed by atoms with van der Waals surface area (Å²) >= 11 is 0. The number of rotatable bonds is 5. The summed E-state index contributed by atoms with van der Waals surface area (Å²) < 4.78 is 0. The molecule has 1 saturated carbocycles. The molecule has 2 fully saturated rings. The standard InChI is InChI=1S/C19H28N2O/c1-2-18-15-20(13-16-9-6-10-16)12-11-19(22)21(18)14-17-7-4-3-5-8-17/h3-5,7-8,16,18H,2,6,9-15H2,1H3. The lowest BCUT2D eigenvalue weighted by atomic mass is 9.85. The van der Waals surface area contributed by atoms with E-state index in [0.29, 0.717) is 18.4 Å². The molecule has 1 atom stereocenters. The van der Waals surface area contributed by atoms with E-state index in [-0.39, 0.29) is 0 Å². The first kappa shape index (κ1) is 15.5. The molecule has 1 amide bonds. The van der Waals surface area contributed by atoms with Gasteiger partial charge >= 0.3 is 0 Å². The molecule has 1 aliphatic carbocycles. The quantitative estimate of drug-likeness (QED) is 0.833. The molecule has 1 aromatic carbocycles. The third-order valence-corrected chi connectivity index (χ3v) is 5.28. The maximum Gasteiger partial charge on any atom is 0.224 e. The molecule has 1 heterocycles. The van der Waals surface area contributed by atoms with Crippen molar-refractivity contribution in [2.24, 2.45) is 5.92 Å². The van der Waals surface area contributed by atoms with Gasteiger partial charge in [0.1, 0.15) is 0 Å². The van der Waals surface area contributed by atoms with Crippen LogP contribution in [0, 0.1) is 5.92 Å². The van der Waals surface area contributed by atoms with Crippen LogP contribution in [0.4, 0.5) is 0 Å². The Morgan fingerprint density at radius 2 is 1.95 bits per heavy atom. The summed E-state index contributed by atoms with van der Waals surface area (Å²) in [5, 5.41) is 0. The fourth-order valence-corrected chi connectivity index (χ4v) is 3.64. The van der Waals surface area contributed by atoms with E-state index in [1.165, 1.54) is 31.4 Å². The van der Waals surface area contributed by atoms with E-state index in [4.69, 9.17) is 0 Å². The van der Waals surface area contributed by atoms with Crippen LogP contribution in [0.3, 0.4) is 0 Å². The molecule has 0 spiro atoms. The number of carbonyl (C=O) groups excluding carboxylic acids is 1. The number of nitrogens with zero attached hydrogens (tertiary/aromatic N) is 2. The van der Waals surface area contributed by atoms with Crippen molar-refractivity contribution in [2.75, 3.05) is 19.6 Å². The molecule has 1 saturated heterocycles. The summed E-state index contributed by atoms with van der Waals surface area (Å²) in [7, 11) is 0. The minimum absolute atomic E-state index is 0.326. The van der Waals surface area contributed by atoms with Gasteiger partial charge in [-0.2, -0.15) is 0 Å². The highest BCUT2D eigenvalue weighted by atomic mass is 16.2. The second-order valence-electron chi connectivity index (χ2n) is 6.88. The molecule has 120 valence electrons. The zero-order chi connectivity index (χ0) is 15.4. The lowest BCUT2D eigenvalue weighted by Gasteiger charge is -2.34. The molecular weight excluding hydrogens is 272 g/mol. The van der Waals surface area contributed by atoms with Gasteiger partial charge in [-0.1, -0.05) is 43.7 Å². The minimum atomic E-state index is 0.326. The molecule has 0 aromatic heterocycles. The summed E-state index contributed by atoms with van der Waals surface area (Å²) in [5.41, 5.74) is 1.24. The second-order valence-corrected chi connectivity index (χ2v) is 6.88. The molecule has 3 nitrogen and oxygen atoms in total. The Bertz CT molecular complexity index is 483. The Hall–Kier alpha value is -1.35. The summed E-state index contributed by atoms with van der Waals surface area (Å²) in [6, 6.07) is 10.7. The predicted molar refractivity (Wildman–Crippen MR) is 89.5 cm³/mol. The van der Waals surface area contributed by atoms with E-state index in [0.717, 1.165) is 32.0 Å². The van der Waals surface area contributed by atoms with Gasteiger partial charge in [0, 0.05) is 38.6 Å². The highest BCUT2D eigenvalue weighted by Gasteiger charge is 2.30. The van der Waals surface area contributed by atoms with Crippen LogP contribution in [0.2, 0.25) is 0 Å². The van der Waals surface area contributed by atoms with Gasteiger partial charge in [-0.25, -0.2) is 0 Å². The Labute approximate surface area is 134 Å². The fourth-order valence-electron chi connectivity index (χ4n) is 3.64. The van der Waals surface area contributed by atoms with Crippen LogP contribution >= 0.6 is 0 Å². The van der Waals surface area contributed by atoms with Crippen LogP contribution in [0.25, 0.3) is 0 Å². The molecule has 3 rings (SSSR count). The van der Waals surface area contributed by atoms with Crippen LogP contribution in [-0.4, -0.2) is 41.4 Å². The van der Waals surface area contributed by atoms with Gasteiger partial charge in [0.15, 0.2) is 0 Å². The lowest BCUT2D eigenvalue weighted by molar-refractivity contribution is -0.133. The summed E-state index contributed by atoms with van der Waals surface area (Å²) in [4.78, 5) is 17.3. The maximum absolute atomic E-state index is 12.6. The van der Waals surface area contributed by atoms with Crippen molar-refractivity contribution in [3.63, 3.8) is 0 Å². The van der Waals surface area contributed by atoms with Crippen molar-refractivity contribution in [1.82, 2.24) is 9.80 Å². The Balaban J connectivity index is 1.67. The second kappa shape index (κ2) is 7.28. The highest BCUT2D eigenvalue weighted by Crippen LogP contribution is 2.28. The van der Waals surface area contributed by atoms with Gasteiger partial charge in [0.2, 0.25) is 5.91 Å². The third kappa shape index (κ3) is 3.70. The zero-order valence-corrected chi connectivity index (χ0v) is 13.7. The molecular formula is C19H28N2O. The van der Waals surface area contributed by atoms with Gasteiger partial charge in [0.05, 0.1) is 0 Å². The Morgan fingerprint density at radius 1 is 1.18 bits per heavy atom. The summed E-state index contributed by atoms with van der Waals surface area (Å²) in [5.74, 6) is 1.21. The van der Waals surface area contributed by atoms with Gasteiger partial charge in [-0.3, -0.25) is 4.79 Å². The number of carbonyl (C=O) groups is 1. The van der Waals surface area contributed by atoms with Crippen LogP contribution in [-0.2, 0) is 11.3 Å². The average Bonchev–Trinajstić information content (AvgIpc) is 2.65. The summed E-state index contributed by atoms with van der Waals surface area (Å²) in [6.07, 6.45) is 5.88. The van der Waals surface area contributed by atoms with Crippen molar-refractivity contribution >= 4 is 5.91 Å². The smallest absolute Gasteiger partial charge is 0.224 e. The fraction of sp³-hybridized carbons (Fsp3) is 0.632. The normalized spacial score (nSPS) is 24.1. The molecule has 0 bridgehead atoms. The molecule has 1 unspecified atom stereocenters. The lowest BCUT2D eigenvalue weighted by Crippen LogP contribution is -2.43. The van der Waals surface area contributed by atoms with E-state index in [1.54, 1.807) is 0 Å². The zero-order valence-electron chi connectivity index (χ0n) is 13.7. The monoisotopic (exact) mass is 300 g/mol. The topological polar surface area (TPSA) is 23.6 Å². The first-order chi connectivity index (χ1) is 10.8. The Morgan fingerprint density at radius 3 is 2.59 bits per heavy atom. The van der Waals surface area contributed by atoms with E-state index in [1.807, 2.05) is 6.07 Å². The molecule has 1 aliphatic heterocycles. The van der Waals surface area contributed by atoms with Crippen molar-refractivity contribution in [1.29, 1.82) is 0 Å². The number of benzene rings is 1. The maximum atomic E-state index is 12.6. The molecule has 22 heavy (non-hydrogen) atoms. The van der Waals surface area contributed by atoms with Gasteiger partial charge in [-0.05, 0) is 30.7 Å². The van der Waals surface area contributed by atoms with E-state index >= 15 is 0 Å². The molecule has 3 heteroatoms. The number of hydrogen-bond acceptors (Lipinski definition) is 2. The average molecular weight is 300 g/mol. The van der Waals surface area contributed by atoms with Crippen LogP contribution in [0.15, 0.2) is 30.3 Å². The van der Waals surface area contributed by atoms with Crippen molar-refractivity contribution in [3.8, 4) is 0 Å².